The molecule has 4 nitrogen and oxygen atoms in total. The summed E-state index contributed by atoms with van der Waals surface area (Å²) in [5.74, 6) is 0.762. The number of nitrogen functional groups attached to an aromatic ring is 1. The van der Waals surface area contributed by atoms with E-state index in [-0.39, 0.29) is 6.10 Å². The zero-order valence-corrected chi connectivity index (χ0v) is 11.1. The molecule has 0 saturated carbocycles. The van der Waals surface area contributed by atoms with Crippen molar-refractivity contribution in [2.45, 2.75) is 25.9 Å². The highest BCUT2D eigenvalue weighted by Crippen LogP contribution is 2.28. The Kier molecular flexibility index (Phi) is 4.09. The first-order chi connectivity index (χ1) is 8.60. The molecule has 0 unspecified atom stereocenters. The summed E-state index contributed by atoms with van der Waals surface area (Å²) in [6.45, 7) is 4.52. The van der Waals surface area contributed by atoms with Gasteiger partial charge in [0.05, 0.1) is 18.9 Å². The molecule has 18 heavy (non-hydrogen) atoms. The third-order valence-corrected chi connectivity index (χ3v) is 3.47. The Bertz CT molecular complexity index is 419. The van der Waals surface area contributed by atoms with Crippen LogP contribution in [-0.2, 0) is 12.8 Å². The van der Waals surface area contributed by atoms with E-state index in [9.17, 15) is 5.11 Å². The molecule has 2 rings (SSSR count). The van der Waals surface area contributed by atoms with Gasteiger partial charge in [-0.3, -0.25) is 0 Å². The standard InChI is InChI=1S/C14H22N2O2/c1-10(17)9-16-5-3-11-7-13(15)14(18-2)8-12(11)4-6-16/h7-8,10,17H,3-6,9,15H2,1-2H3/t10-/m0/s1. The lowest BCUT2D eigenvalue weighted by Crippen LogP contribution is -2.33. The van der Waals surface area contributed by atoms with Gasteiger partial charge in [-0.15, -0.1) is 0 Å². The monoisotopic (exact) mass is 250 g/mol. The van der Waals surface area contributed by atoms with Gasteiger partial charge in [-0.05, 0) is 43.0 Å². The van der Waals surface area contributed by atoms with E-state index >= 15 is 0 Å². The van der Waals surface area contributed by atoms with Gasteiger partial charge in [0.1, 0.15) is 5.75 Å². The van der Waals surface area contributed by atoms with Crippen molar-refractivity contribution in [1.29, 1.82) is 0 Å². The lowest BCUT2D eigenvalue weighted by atomic mass is 10.0. The van der Waals surface area contributed by atoms with Crippen molar-refractivity contribution < 1.29 is 9.84 Å². The maximum atomic E-state index is 9.46. The number of rotatable bonds is 3. The second kappa shape index (κ2) is 5.59. The molecule has 1 aromatic rings. The fraction of sp³-hybridized carbons (Fsp3) is 0.571. The molecule has 1 aliphatic heterocycles. The Morgan fingerprint density at radius 1 is 1.33 bits per heavy atom. The van der Waals surface area contributed by atoms with Crippen molar-refractivity contribution in [3.05, 3.63) is 23.3 Å². The first-order valence-corrected chi connectivity index (χ1v) is 6.46. The minimum absolute atomic E-state index is 0.272. The first kappa shape index (κ1) is 13.2. The molecule has 100 valence electrons. The molecule has 3 N–H and O–H groups in total. The zero-order valence-electron chi connectivity index (χ0n) is 11.1. The van der Waals surface area contributed by atoms with Gasteiger partial charge in [0, 0.05) is 19.6 Å². The quantitative estimate of drug-likeness (QED) is 0.788. The molecule has 0 bridgehead atoms. The molecule has 0 fully saturated rings. The van der Waals surface area contributed by atoms with E-state index in [4.69, 9.17) is 10.5 Å². The molecule has 1 aromatic carbocycles. The van der Waals surface area contributed by atoms with Gasteiger partial charge in [-0.25, -0.2) is 0 Å². The maximum Gasteiger partial charge on any atom is 0.142 e. The normalized spacial score (nSPS) is 17.9. The Morgan fingerprint density at radius 3 is 2.50 bits per heavy atom. The Labute approximate surface area is 108 Å². The molecule has 1 atom stereocenters. The third kappa shape index (κ3) is 2.94. The molecule has 0 spiro atoms. The predicted molar refractivity (Wildman–Crippen MR) is 72.9 cm³/mol. The SMILES string of the molecule is COc1cc2c(cc1N)CCN(C[C@H](C)O)CC2. The number of benzene rings is 1. The van der Waals surface area contributed by atoms with Crippen LogP contribution >= 0.6 is 0 Å². The van der Waals surface area contributed by atoms with Gasteiger partial charge in [-0.1, -0.05) is 0 Å². The van der Waals surface area contributed by atoms with Crippen molar-refractivity contribution in [2.24, 2.45) is 0 Å². The van der Waals surface area contributed by atoms with E-state index in [0.717, 1.165) is 38.2 Å². The number of anilines is 1. The van der Waals surface area contributed by atoms with Gasteiger partial charge < -0.3 is 20.5 Å². The van der Waals surface area contributed by atoms with Crippen LogP contribution in [0.2, 0.25) is 0 Å². The highest BCUT2D eigenvalue weighted by Gasteiger charge is 2.16. The molecule has 4 heteroatoms. The van der Waals surface area contributed by atoms with Gasteiger partial charge in [0.25, 0.3) is 0 Å². The number of fused-ring (bicyclic) bond motifs is 1. The number of methoxy groups -OCH3 is 1. The predicted octanol–water partition coefficient (Wildman–Crippen LogP) is 1.06. The molecule has 1 heterocycles. The third-order valence-electron chi connectivity index (χ3n) is 3.47. The van der Waals surface area contributed by atoms with Gasteiger partial charge in [0.2, 0.25) is 0 Å². The summed E-state index contributed by atoms with van der Waals surface area (Å²) in [6, 6.07) is 4.08. The molecule has 0 saturated heterocycles. The van der Waals surface area contributed by atoms with Crippen LogP contribution < -0.4 is 10.5 Å². The summed E-state index contributed by atoms with van der Waals surface area (Å²) >= 11 is 0. The summed E-state index contributed by atoms with van der Waals surface area (Å²) in [4.78, 5) is 2.30. The molecule has 0 aromatic heterocycles. The summed E-state index contributed by atoms with van der Waals surface area (Å²) in [6.07, 6.45) is 1.69. The summed E-state index contributed by atoms with van der Waals surface area (Å²) in [7, 11) is 1.65. The minimum Gasteiger partial charge on any atom is -0.495 e. The highest BCUT2D eigenvalue weighted by atomic mass is 16.5. The molecule has 0 amide bonds. The van der Waals surface area contributed by atoms with Crippen LogP contribution in [-0.4, -0.2) is 42.9 Å². The van der Waals surface area contributed by atoms with Crippen LogP contribution in [0.1, 0.15) is 18.1 Å². The first-order valence-electron chi connectivity index (χ1n) is 6.46. The molecular formula is C14H22N2O2. The van der Waals surface area contributed by atoms with Crippen molar-refractivity contribution in [3.8, 4) is 5.75 Å². The Balaban J connectivity index is 2.15. The lowest BCUT2D eigenvalue weighted by Gasteiger charge is -2.20. The average molecular weight is 250 g/mol. The maximum absolute atomic E-state index is 9.46. The van der Waals surface area contributed by atoms with Crippen molar-refractivity contribution in [3.63, 3.8) is 0 Å². The number of hydrogen-bond donors (Lipinski definition) is 2. The van der Waals surface area contributed by atoms with Crippen LogP contribution in [0.5, 0.6) is 5.75 Å². The topological polar surface area (TPSA) is 58.7 Å². The van der Waals surface area contributed by atoms with Gasteiger partial charge >= 0.3 is 0 Å². The second-order valence-corrected chi connectivity index (χ2v) is 5.01. The number of aliphatic hydroxyl groups excluding tert-OH is 1. The smallest absolute Gasteiger partial charge is 0.142 e. The largest absolute Gasteiger partial charge is 0.495 e. The number of ether oxygens (including phenoxy) is 1. The van der Waals surface area contributed by atoms with E-state index < -0.39 is 0 Å². The number of nitrogens with two attached hydrogens (primary N) is 1. The van der Waals surface area contributed by atoms with E-state index in [0.29, 0.717) is 5.69 Å². The van der Waals surface area contributed by atoms with Crippen LogP contribution in [0.3, 0.4) is 0 Å². The fourth-order valence-electron chi connectivity index (χ4n) is 2.55. The second-order valence-electron chi connectivity index (χ2n) is 5.01. The van der Waals surface area contributed by atoms with E-state index in [1.54, 1.807) is 7.11 Å². The van der Waals surface area contributed by atoms with E-state index in [1.807, 2.05) is 13.0 Å². The van der Waals surface area contributed by atoms with Crippen LogP contribution in [0.4, 0.5) is 5.69 Å². The van der Waals surface area contributed by atoms with E-state index in [1.165, 1.54) is 11.1 Å². The van der Waals surface area contributed by atoms with Crippen molar-refractivity contribution in [2.75, 3.05) is 32.5 Å². The zero-order chi connectivity index (χ0) is 13.1. The van der Waals surface area contributed by atoms with Crippen molar-refractivity contribution in [1.82, 2.24) is 4.90 Å². The average Bonchev–Trinajstić information content (AvgIpc) is 2.50. The molecule has 1 aliphatic rings. The number of nitrogens with zero attached hydrogens (tertiary/aromatic N) is 1. The van der Waals surface area contributed by atoms with Gasteiger partial charge in [0.15, 0.2) is 0 Å². The van der Waals surface area contributed by atoms with Crippen LogP contribution in [0.15, 0.2) is 12.1 Å². The number of aliphatic hydroxyl groups is 1. The van der Waals surface area contributed by atoms with E-state index in [2.05, 4.69) is 11.0 Å². The van der Waals surface area contributed by atoms with Crippen LogP contribution in [0.25, 0.3) is 0 Å². The minimum atomic E-state index is -0.272. The van der Waals surface area contributed by atoms with Crippen molar-refractivity contribution >= 4 is 5.69 Å². The Hall–Kier alpha value is -1.26. The molecule has 0 aliphatic carbocycles. The summed E-state index contributed by atoms with van der Waals surface area (Å²) in [5, 5.41) is 9.46. The number of hydrogen-bond acceptors (Lipinski definition) is 4. The molecule has 0 radical (unpaired) electrons. The fourth-order valence-corrected chi connectivity index (χ4v) is 2.55. The van der Waals surface area contributed by atoms with Crippen LogP contribution in [0, 0.1) is 0 Å². The summed E-state index contributed by atoms with van der Waals surface area (Å²) in [5.41, 5.74) is 9.27. The van der Waals surface area contributed by atoms with Gasteiger partial charge in [-0.2, -0.15) is 0 Å². The Morgan fingerprint density at radius 2 is 1.94 bits per heavy atom. The highest BCUT2D eigenvalue weighted by molar-refractivity contribution is 5.57. The lowest BCUT2D eigenvalue weighted by molar-refractivity contribution is 0.129. The number of β-amino-alcohol motifs (C(OH)–C–C–N with tert-alkyl or cyclic N) is 1. The summed E-state index contributed by atoms with van der Waals surface area (Å²) < 4.78 is 5.26. The molecular weight excluding hydrogens is 228 g/mol.